The van der Waals surface area contributed by atoms with Crippen molar-refractivity contribution in [3.05, 3.63) is 52.1 Å². The number of nitrogens with one attached hydrogen (secondary N) is 2. The monoisotopic (exact) mass is 575 g/mol. The zero-order chi connectivity index (χ0) is 27.0. The minimum atomic E-state index is -0.635. The van der Waals surface area contributed by atoms with Crippen molar-refractivity contribution in [3.8, 4) is 11.5 Å². The van der Waals surface area contributed by atoms with E-state index in [1.807, 2.05) is 48.5 Å². The van der Waals surface area contributed by atoms with Gasteiger partial charge in [0.1, 0.15) is 17.3 Å². The second kappa shape index (κ2) is 11.1. The molecule has 1 aliphatic heterocycles. The number of anilines is 1. The average Bonchev–Trinajstić information content (AvgIpc) is 3.06. The van der Waals surface area contributed by atoms with Gasteiger partial charge in [0.15, 0.2) is 5.78 Å². The van der Waals surface area contributed by atoms with E-state index in [0.29, 0.717) is 35.7 Å². The number of phenolic OH excluding ortho intramolecular Hbond substituents is 1. The summed E-state index contributed by atoms with van der Waals surface area (Å²) in [6.45, 7) is 14.7. The van der Waals surface area contributed by atoms with Crippen molar-refractivity contribution in [2.75, 3.05) is 25.6 Å². The van der Waals surface area contributed by atoms with Crippen LogP contribution in [0.3, 0.4) is 0 Å². The van der Waals surface area contributed by atoms with Crippen molar-refractivity contribution in [2.24, 2.45) is 0 Å². The molecule has 0 saturated heterocycles. The summed E-state index contributed by atoms with van der Waals surface area (Å²) < 4.78 is 10.4. The van der Waals surface area contributed by atoms with Crippen molar-refractivity contribution in [1.82, 2.24) is 4.90 Å². The van der Waals surface area contributed by atoms with Crippen molar-refractivity contribution in [3.63, 3.8) is 0 Å². The molecule has 0 aromatic heterocycles. The first kappa shape index (κ1) is 30.2. The van der Waals surface area contributed by atoms with Gasteiger partial charge in [-0.05, 0) is 47.6 Å². The van der Waals surface area contributed by atoms with Crippen LogP contribution in [0.2, 0.25) is 0 Å². The van der Waals surface area contributed by atoms with E-state index in [4.69, 9.17) is 14.9 Å². The molecule has 3 rings (SSSR count). The highest BCUT2D eigenvalue weighted by molar-refractivity contribution is 8.93. The number of benzene rings is 2. The Bertz CT molecular complexity index is 1180. The molecule has 0 radical (unpaired) electrons. The Morgan fingerprint density at radius 1 is 1.05 bits per heavy atom. The fraction of sp³-hybridized carbons (Fsp3) is 0.464. The van der Waals surface area contributed by atoms with Gasteiger partial charge in [0.25, 0.3) is 0 Å². The molecule has 1 amide bonds. The number of phenols is 1. The van der Waals surface area contributed by atoms with E-state index in [9.17, 15) is 14.7 Å². The van der Waals surface area contributed by atoms with Gasteiger partial charge in [-0.2, -0.15) is 0 Å². The number of halogens is 1. The maximum atomic E-state index is 13.5. The minimum absolute atomic E-state index is 0. The van der Waals surface area contributed by atoms with Crippen LogP contribution in [0.4, 0.5) is 10.5 Å². The Hall–Kier alpha value is -3.07. The number of nitrogens with zero attached hydrogens (tertiary/aromatic N) is 1. The summed E-state index contributed by atoms with van der Waals surface area (Å²) in [5.74, 6) is 0.759. The van der Waals surface area contributed by atoms with Gasteiger partial charge < -0.3 is 19.5 Å². The third kappa shape index (κ3) is 6.44. The highest BCUT2D eigenvalue weighted by atomic mass is 79.9. The number of fused-ring (bicyclic) bond motifs is 1. The molecule has 0 unspecified atom stereocenters. The zero-order valence-corrected chi connectivity index (χ0v) is 24.6. The van der Waals surface area contributed by atoms with E-state index >= 15 is 0 Å². The van der Waals surface area contributed by atoms with Gasteiger partial charge in [-0.1, -0.05) is 41.5 Å². The SMILES string of the molecule is Br.CCOc1cc2c(cc1NC(=O)OC)C(=N)N(CC(=O)c1cc(C(C)(C)C)c(O)c(C(C)(C)C)c1)C2. The first-order valence-electron chi connectivity index (χ1n) is 12.1. The lowest BCUT2D eigenvalue weighted by Crippen LogP contribution is -2.30. The van der Waals surface area contributed by atoms with Crippen LogP contribution in [0.1, 0.15) is 81.1 Å². The topological polar surface area (TPSA) is 112 Å². The predicted octanol–water partition coefficient (Wildman–Crippen LogP) is 6.17. The number of carbonyl (C=O) groups excluding carboxylic acids is 2. The number of carbonyl (C=O) groups is 2. The van der Waals surface area contributed by atoms with Crippen LogP contribution >= 0.6 is 17.0 Å². The van der Waals surface area contributed by atoms with E-state index < -0.39 is 6.09 Å². The Labute approximate surface area is 229 Å². The number of Topliss-reactive ketones (excluding diaryl/α,β-unsaturated/α-hetero) is 1. The number of hydrogen-bond acceptors (Lipinski definition) is 6. The highest BCUT2D eigenvalue weighted by Crippen LogP contribution is 2.40. The molecule has 8 nitrogen and oxygen atoms in total. The van der Waals surface area contributed by atoms with Gasteiger partial charge in [-0.15, -0.1) is 17.0 Å². The summed E-state index contributed by atoms with van der Waals surface area (Å²) in [5.41, 5.74) is 3.11. The molecular formula is C28H38BrN3O5. The van der Waals surface area contributed by atoms with Crippen molar-refractivity contribution in [1.29, 1.82) is 5.41 Å². The molecule has 202 valence electrons. The molecule has 0 spiro atoms. The molecule has 0 bridgehead atoms. The Morgan fingerprint density at radius 3 is 2.11 bits per heavy atom. The maximum Gasteiger partial charge on any atom is 0.411 e. The fourth-order valence-electron chi connectivity index (χ4n) is 4.30. The molecule has 0 aliphatic carbocycles. The number of aromatic hydroxyl groups is 1. The lowest BCUT2D eigenvalue weighted by Gasteiger charge is -2.28. The molecule has 0 atom stereocenters. The third-order valence-corrected chi connectivity index (χ3v) is 6.24. The Morgan fingerprint density at radius 2 is 1.62 bits per heavy atom. The van der Waals surface area contributed by atoms with Crippen molar-refractivity contribution in [2.45, 2.75) is 65.8 Å². The van der Waals surface area contributed by atoms with Gasteiger partial charge >= 0.3 is 6.09 Å². The number of amidine groups is 1. The average molecular weight is 577 g/mol. The molecule has 1 heterocycles. The molecule has 2 aromatic rings. The Balaban J connectivity index is 0.00000481. The van der Waals surface area contributed by atoms with Crippen LogP contribution in [0.15, 0.2) is 24.3 Å². The summed E-state index contributed by atoms with van der Waals surface area (Å²) in [4.78, 5) is 27.0. The summed E-state index contributed by atoms with van der Waals surface area (Å²) >= 11 is 0. The van der Waals surface area contributed by atoms with E-state index in [1.54, 1.807) is 29.2 Å². The summed E-state index contributed by atoms with van der Waals surface area (Å²) in [5, 5.41) is 22.3. The van der Waals surface area contributed by atoms with E-state index in [2.05, 4.69) is 5.32 Å². The predicted molar refractivity (Wildman–Crippen MR) is 151 cm³/mol. The minimum Gasteiger partial charge on any atom is -0.507 e. The molecular weight excluding hydrogens is 538 g/mol. The van der Waals surface area contributed by atoms with Crippen molar-refractivity contribution < 1.29 is 24.2 Å². The number of hydrogen-bond donors (Lipinski definition) is 3. The normalized spacial score (nSPS) is 13.1. The number of rotatable bonds is 6. The number of methoxy groups -OCH3 is 1. The maximum absolute atomic E-state index is 13.5. The van der Waals surface area contributed by atoms with Gasteiger partial charge in [-0.3, -0.25) is 15.5 Å². The highest BCUT2D eigenvalue weighted by Gasteiger charge is 2.31. The molecule has 37 heavy (non-hydrogen) atoms. The van der Waals surface area contributed by atoms with Gasteiger partial charge in [0.2, 0.25) is 0 Å². The van der Waals surface area contributed by atoms with Crippen LogP contribution in [0.25, 0.3) is 0 Å². The smallest absolute Gasteiger partial charge is 0.411 e. The fourth-order valence-corrected chi connectivity index (χ4v) is 4.30. The van der Waals surface area contributed by atoms with E-state index in [0.717, 1.165) is 16.7 Å². The second-order valence-electron chi connectivity index (χ2n) is 11.1. The second-order valence-corrected chi connectivity index (χ2v) is 11.1. The summed E-state index contributed by atoms with van der Waals surface area (Å²) in [6.07, 6.45) is -0.635. The van der Waals surface area contributed by atoms with Crippen LogP contribution in [0, 0.1) is 5.41 Å². The van der Waals surface area contributed by atoms with Gasteiger partial charge in [0.05, 0.1) is 25.9 Å². The zero-order valence-electron chi connectivity index (χ0n) is 22.9. The van der Waals surface area contributed by atoms with Gasteiger partial charge in [0, 0.05) is 28.8 Å². The van der Waals surface area contributed by atoms with Crippen LogP contribution in [-0.4, -0.2) is 48.0 Å². The van der Waals surface area contributed by atoms with Crippen LogP contribution < -0.4 is 10.1 Å². The number of amides is 1. The quantitative estimate of drug-likeness (QED) is 0.355. The third-order valence-electron chi connectivity index (χ3n) is 6.24. The van der Waals surface area contributed by atoms with Crippen molar-refractivity contribution >= 4 is 40.4 Å². The lowest BCUT2D eigenvalue weighted by atomic mass is 9.78. The van der Waals surface area contributed by atoms with Crippen LogP contribution in [-0.2, 0) is 22.1 Å². The lowest BCUT2D eigenvalue weighted by molar-refractivity contribution is 0.0962. The summed E-state index contributed by atoms with van der Waals surface area (Å²) in [7, 11) is 1.28. The first-order chi connectivity index (χ1) is 16.7. The molecule has 1 aliphatic rings. The van der Waals surface area contributed by atoms with Crippen LogP contribution in [0.5, 0.6) is 11.5 Å². The largest absolute Gasteiger partial charge is 0.507 e. The van der Waals surface area contributed by atoms with E-state index in [1.165, 1.54) is 7.11 Å². The molecule has 2 aromatic carbocycles. The Kier molecular flexibility index (Phi) is 9.07. The standard InChI is InChI=1S/C28H37N3O5.BrH/c1-9-36-23-12-17-14-31(25(29)18(17)13-21(23)30-26(34)35-8)15-22(32)16-10-19(27(2,3)4)24(33)20(11-16)28(5,6)7;/h10-13,29,33H,9,14-15H2,1-8H3,(H,30,34);1H. The molecule has 0 fully saturated rings. The summed E-state index contributed by atoms with van der Waals surface area (Å²) in [6, 6.07) is 7.01. The van der Waals surface area contributed by atoms with E-state index in [-0.39, 0.29) is 51.7 Å². The molecule has 0 saturated carbocycles. The van der Waals surface area contributed by atoms with Gasteiger partial charge in [-0.25, -0.2) is 4.79 Å². The number of ether oxygens (including phenoxy) is 2. The number of ketones is 1. The first-order valence-corrected chi connectivity index (χ1v) is 12.1. The molecule has 9 heteroatoms. The molecule has 3 N–H and O–H groups in total.